The molecule has 0 bridgehead atoms. The first-order valence-corrected chi connectivity index (χ1v) is 0.577. The van der Waals surface area contributed by atoms with Crippen LogP contribution in [0.4, 0.5) is 0 Å². The molecule has 4 heavy (non-hydrogen) atoms. The fourth-order valence-corrected chi connectivity index (χ4v) is 0. The number of hydrogen-bond donors (Lipinski definition) is 1. The van der Waals surface area contributed by atoms with Gasteiger partial charge in [-0.05, 0) is 0 Å². The van der Waals surface area contributed by atoms with Gasteiger partial charge in [-0.3, -0.25) is 5.73 Å². The summed E-state index contributed by atoms with van der Waals surface area (Å²) in [4.78, 5) is 0. The molecule has 0 fully saturated rings. The second-order valence-electron chi connectivity index (χ2n) is 0.158. The first-order chi connectivity index (χ1) is 1.41. The van der Waals surface area contributed by atoms with Crippen molar-refractivity contribution in [1.29, 1.82) is 5.26 Å². The number of rotatable bonds is 0. The Morgan fingerprint density at radius 2 is 1.75 bits per heavy atom. The summed E-state index contributed by atoms with van der Waals surface area (Å²) in [6.45, 7) is 0. The molecule has 0 atom stereocenters. The molecule has 0 rings (SSSR count). The number of nitriles is 1. The van der Waals surface area contributed by atoms with E-state index >= 15 is 0 Å². The van der Waals surface area contributed by atoms with E-state index in [0.29, 0.717) is 0 Å². The third-order valence-corrected chi connectivity index (χ3v) is 0. The SMILES string of the molecule is N#C[NH3+].[Br-]. The summed E-state index contributed by atoms with van der Waals surface area (Å²) >= 11 is 0. The van der Waals surface area contributed by atoms with Crippen molar-refractivity contribution in [2.75, 3.05) is 0 Å². The monoisotopic (exact) mass is 122 g/mol. The van der Waals surface area contributed by atoms with E-state index in [9.17, 15) is 0 Å². The van der Waals surface area contributed by atoms with Crippen LogP contribution in [0.5, 0.6) is 0 Å². The molecular formula is CH3BrN2. The van der Waals surface area contributed by atoms with Gasteiger partial charge in [0.1, 0.15) is 0 Å². The average Bonchev–Trinajstić information content (AvgIpc) is 0.918. The van der Waals surface area contributed by atoms with E-state index in [2.05, 4.69) is 5.73 Å². The molecule has 0 aromatic heterocycles. The van der Waals surface area contributed by atoms with E-state index in [1.54, 1.807) is 0 Å². The van der Waals surface area contributed by atoms with Crippen molar-refractivity contribution in [3.63, 3.8) is 0 Å². The third kappa shape index (κ3) is 341. The number of halogens is 1. The summed E-state index contributed by atoms with van der Waals surface area (Å²) in [6.07, 6.45) is 1.50. The van der Waals surface area contributed by atoms with Gasteiger partial charge in [0, 0.05) is 0 Å². The maximum absolute atomic E-state index is 7.21. The van der Waals surface area contributed by atoms with Gasteiger partial charge in [0.05, 0.1) is 0 Å². The molecule has 0 heterocycles. The minimum atomic E-state index is 0. The lowest BCUT2D eigenvalue weighted by Crippen LogP contribution is -3.00. The molecule has 0 radical (unpaired) electrons. The first kappa shape index (κ1) is 9.06. The molecule has 0 aromatic rings. The Labute approximate surface area is 35.0 Å². The Morgan fingerprint density at radius 1 is 1.75 bits per heavy atom. The van der Waals surface area contributed by atoms with E-state index in [4.69, 9.17) is 5.26 Å². The van der Waals surface area contributed by atoms with Gasteiger partial charge in [-0.25, -0.2) is 0 Å². The van der Waals surface area contributed by atoms with Crippen molar-refractivity contribution in [1.82, 2.24) is 0 Å². The van der Waals surface area contributed by atoms with Crippen molar-refractivity contribution in [3.8, 4) is 6.19 Å². The summed E-state index contributed by atoms with van der Waals surface area (Å²) in [5.74, 6) is 0. The quantitative estimate of drug-likeness (QED) is 0.325. The smallest absolute Gasteiger partial charge is 0.303 e. The van der Waals surface area contributed by atoms with E-state index < -0.39 is 0 Å². The predicted molar refractivity (Wildman–Crippen MR) is 8.50 cm³/mol. The lowest BCUT2D eigenvalue weighted by atomic mass is 11.5. The molecule has 0 unspecified atom stereocenters. The summed E-state index contributed by atoms with van der Waals surface area (Å²) < 4.78 is 0. The summed E-state index contributed by atoms with van der Waals surface area (Å²) in [5, 5.41) is 7.21. The van der Waals surface area contributed by atoms with Crippen LogP contribution in [-0.4, -0.2) is 0 Å². The lowest BCUT2D eigenvalue weighted by molar-refractivity contribution is -0.252. The van der Waals surface area contributed by atoms with Gasteiger partial charge >= 0.3 is 6.19 Å². The van der Waals surface area contributed by atoms with Crippen molar-refractivity contribution >= 4 is 0 Å². The van der Waals surface area contributed by atoms with Gasteiger partial charge < -0.3 is 17.0 Å². The Balaban J connectivity index is 0. The molecule has 0 aliphatic carbocycles. The fourth-order valence-electron chi connectivity index (χ4n) is 0. The molecule has 3 heteroatoms. The standard InChI is InChI=1S/CH2N2.BrH/c2-1-3;/h2H2;1H. The molecule has 0 aromatic carbocycles. The maximum Gasteiger partial charge on any atom is 0.303 e. The van der Waals surface area contributed by atoms with E-state index in [1.807, 2.05) is 0 Å². The van der Waals surface area contributed by atoms with Gasteiger partial charge in [-0.1, -0.05) is 0 Å². The van der Waals surface area contributed by atoms with Gasteiger partial charge in [0.25, 0.3) is 0 Å². The van der Waals surface area contributed by atoms with Crippen LogP contribution in [0.3, 0.4) is 0 Å². The summed E-state index contributed by atoms with van der Waals surface area (Å²) in [5.41, 5.74) is 2.79. The van der Waals surface area contributed by atoms with Crippen molar-refractivity contribution in [3.05, 3.63) is 0 Å². The maximum atomic E-state index is 7.21. The van der Waals surface area contributed by atoms with E-state index in [0.717, 1.165) is 0 Å². The summed E-state index contributed by atoms with van der Waals surface area (Å²) in [7, 11) is 0. The first-order valence-electron chi connectivity index (χ1n) is 0.577. The highest BCUT2D eigenvalue weighted by atomic mass is 79.9. The van der Waals surface area contributed by atoms with Gasteiger partial charge in [0.2, 0.25) is 0 Å². The Hall–Kier alpha value is -0.0700. The molecule has 2 nitrogen and oxygen atoms in total. The highest BCUT2D eigenvalue weighted by Crippen LogP contribution is 0.794. The van der Waals surface area contributed by atoms with Crippen molar-refractivity contribution < 1.29 is 22.7 Å². The number of hydrogen-bond acceptors (Lipinski definition) is 1. The normalized spacial score (nSPS) is 2.00. The largest absolute Gasteiger partial charge is 1.00 e. The highest BCUT2D eigenvalue weighted by Gasteiger charge is 1.22. The zero-order valence-corrected chi connectivity index (χ0v) is 3.62. The second kappa shape index (κ2) is 12.6. The van der Waals surface area contributed by atoms with Gasteiger partial charge in [-0.15, -0.1) is 5.26 Å². The van der Waals surface area contributed by atoms with Crippen molar-refractivity contribution in [2.24, 2.45) is 0 Å². The van der Waals surface area contributed by atoms with Crippen molar-refractivity contribution in [2.45, 2.75) is 0 Å². The van der Waals surface area contributed by atoms with Crippen LogP contribution in [-0.2, 0) is 0 Å². The van der Waals surface area contributed by atoms with Gasteiger partial charge in [-0.2, -0.15) is 0 Å². The molecule has 0 amide bonds. The second-order valence-corrected chi connectivity index (χ2v) is 0.158. The van der Waals surface area contributed by atoms with Crippen LogP contribution in [0.1, 0.15) is 0 Å². The lowest BCUT2D eigenvalue weighted by Gasteiger charge is -1.15. The molecule has 3 N–H and O–H groups in total. The average molecular weight is 123 g/mol. The van der Waals surface area contributed by atoms with Crippen LogP contribution < -0.4 is 22.7 Å². The summed E-state index contributed by atoms with van der Waals surface area (Å²) in [6, 6.07) is 0. The molecule has 0 saturated carbocycles. The molecule has 24 valence electrons. The molecule has 0 aliphatic heterocycles. The van der Waals surface area contributed by atoms with Crippen LogP contribution in [0.25, 0.3) is 0 Å². The molecule has 0 spiro atoms. The molecule has 0 aliphatic rings. The minimum absolute atomic E-state index is 0. The Kier molecular flexibility index (Phi) is 28.6. The predicted octanol–water partition coefficient (Wildman–Crippen LogP) is -4.29. The van der Waals surface area contributed by atoms with Gasteiger partial charge in [0.15, 0.2) is 0 Å². The van der Waals surface area contributed by atoms with Crippen LogP contribution in [0.15, 0.2) is 0 Å². The fraction of sp³-hybridized carbons (Fsp3) is 0. The topological polar surface area (TPSA) is 51.4 Å². The zero-order valence-electron chi connectivity index (χ0n) is 2.03. The Morgan fingerprint density at radius 3 is 1.75 bits per heavy atom. The van der Waals surface area contributed by atoms with E-state index in [-0.39, 0.29) is 17.0 Å². The van der Waals surface area contributed by atoms with Crippen LogP contribution >= 0.6 is 0 Å². The Bertz CT molecular complexity index is 27.5. The molecular weight excluding hydrogens is 120 g/mol. The third-order valence-electron chi connectivity index (χ3n) is 0. The zero-order chi connectivity index (χ0) is 2.71. The van der Waals surface area contributed by atoms with Crippen LogP contribution in [0.2, 0.25) is 0 Å². The number of nitrogens with zero attached hydrogens (tertiary/aromatic N) is 1. The number of quaternary nitrogens is 1. The minimum Gasteiger partial charge on any atom is -1.00 e. The van der Waals surface area contributed by atoms with E-state index in [1.165, 1.54) is 6.19 Å². The molecule has 0 saturated heterocycles. The highest BCUT2D eigenvalue weighted by molar-refractivity contribution is 4.25. The van der Waals surface area contributed by atoms with Crippen LogP contribution in [0, 0.1) is 11.5 Å².